The summed E-state index contributed by atoms with van der Waals surface area (Å²) in [5, 5.41) is 10.9. The zero-order chi connectivity index (χ0) is 23.5. The fraction of sp³-hybridized carbons (Fsp3) is 0.269. The lowest BCUT2D eigenvalue weighted by Gasteiger charge is -2.28. The Kier molecular flexibility index (Phi) is 6.60. The van der Waals surface area contributed by atoms with Crippen molar-refractivity contribution in [3.63, 3.8) is 0 Å². The van der Waals surface area contributed by atoms with Crippen molar-refractivity contribution in [1.82, 2.24) is 24.8 Å². The number of hydrogen-bond donors (Lipinski definition) is 2. The summed E-state index contributed by atoms with van der Waals surface area (Å²) in [4.78, 5) is 11.6. The summed E-state index contributed by atoms with van der Waals surface area (Å²) in [6.07, 6.45) is 4.67. The number of pyridine rings is 1. The Morgan fingerprint density at radius 2 is 1.88 bits per heavy atom. The molecule has 5 rings (SSSR count). The summed E-state index contributed by atoms with van der Waals surface area (Å²) in [6, 6.07) is 18.7. The van der Waals surface area contributed by atoms with E-state index in [1.807, 2.05) is 48.1 Å². The van der Waals surface area contributed by atoms with E-state index in [0.717, 1.165) is 41.1 Å². The highest BCUT2D eigenvalue weighted by atomic mass is 32.1. The molecule has 0 spiro atoms. The number of hydrogen-bond acceptors (Lipinski definition) is 5. The molecule has 8 heteroatoms. The zero-order valence-corrected chi connectivity index (χ0v) is 20.9. The fourth-order valence-electron chi connectivity index (χ4n) is 4.73. The van der Waals surface area contributed by atoms with E-state index in [1.165, 1.54) is 17.0 Å². The summed E-state index contributed by atoms with van der Waals surface area (Å²) >= 11 is 7.50. The molecule has 1 aliphatic heterocycles. The first-order valence-corrected chi connectivity index (χ1v) is 12.8. The molecule has 34 heavy (non-hydrogen) atoms. The van der Waals surface area contributed by atoms with Gasteiger partial charge in [-0.05, 0) is 68.4 Å². The number of thiocarbonyl (C=S) groups is 1. The first-order valence-electron chi connectivity index (χ1n) is 11.5. The number of para-hydroxylation sites is 1. The summed E-state index contributed by atoms with van der Waals surface area (Å²) in [7, 11) is 0. The molecule has 1 aliphatic rings. The third-order valence-electron chi connectivity index (χ3n) is 6.28. The van der Waals surface area contributed by atoms with Crippen LogP contribution in [0.25, 0.3) is 5.13 Å². The van der Waals surface area contributed by atoms with Gasteiger partial charge in [-0.1, -0.05) is 24.3 Å². The van der Waals surface area contributed by atoms with Gasteiger partial charge in [0.25, 0.3) is 0 Å². The largest absolute Gasteiger partial charge is 0.385 e. The number of nitrogens with zero attached hydrogens (tertiary/aromatic N) is 4. The van der Waals surface area contributed by atoms with E-state index in [-0.39, 0.29) is 12.1 Å². The maximum absolute atomic E-state index is 5.85. The van der Waals surface area contributed by atoms with Crippen LogP contribution in [-0.2, 0) is 0 Å². The predicted molar refractivity (Wildman–Crippen MR) is 143 cm³/mol. The van der Waals surface area contributed by atoms with E-state index in [4.69, 9.17) is 12.2 Å². The van der Waals surface area contributed by atoms with Gasteiger partial charge in [0.1, 0.15) is 0 Å². The van der Waals surface area contributed by atoms with E-state index < -0.39 is 0 Å². The number of benzene rings is 1. The van der Waals surface area contributed by atoms with Gasteiger partial charge in [-0.3, -0.25) is 9.55 Å². The van der Waals surface area contributed by atoms with Crippen LogP contribution >= 0.6 is 23.6 Å². The maximum atomic E-state index is 5.85. The summed E-state index contributed by atoms with van der Waals surface area (Å²) in [6.45, 7) is 6.04. The van der Waals surface area contributed by atoms with Crippen LogP contribution in [0.1, 0.15) is 41.1 Å². The lowest BCUT2D eigenvalue weighted by atomic mass is 9.96. The SMILES string of the molecule is Cc1cc([C@H]2[C@@H](c3ccccn3)NC(=S)N2CCCNc2ccccc2)c(C)n1-c1nccs1. The molecule has 4 aromatic rings. The van der Waals surface area contributed by atoms with Gasteiger partial charge in [0, 0.05) is 47.9 Å². The van der Waals surface area contributed by atoms with Crippen LogP contribution in [0.2, 0.25) is 0 Å². The normalized spacial score (nSPS) is 17.7. The number of aryl methyl sites for hydroxylation is 1. The minimum atomic E-state index is -0.0129. The molecule has 4 heterocycles. The molecular weight excluding hydrogens is 460 g/mol. The molecule has 0 radical (unpaired) electrons. The Hall–Kier alpha value is -3.23. The zero-order valence-electron chi connectivity index (χ0n) is 19.3. The van der Waals surface area contributed by atoms with Crippen LogP contribution in [0.3, 0.4) is 0 Å². The Balaban J connectivity index is 1.43. The summed E-state index contributed by atoms with van der Waals surface area (Å²) < 4.78 is 2.24. The molecule has 0 unspecified atom stereocenters. The monoisotopic (exact) mass is 488 g/mol. The highest BCUT2D eigenvalue weighted by molar-refractivity contribution is 7.80. The van der Waals surface area contributed by atoms with Gasteiger partial charge >= 0.3 is 0 Å². The van der Waals surface area contributed by atoms with Gasteiger partial charge < -0.3 is 15.5 Å². The maximum Gasteiger partial charge on any atom is 0.193 e. The van der Waals surface area contributed by atoms with Crippen LogP contribution in [0, 0.1) is 13.8 Å². The van der Waals surface area contributed by atoms with E-state index >= 15 is 0 Å². The summed E-state index contributed by atoms with van der Waals surface area (Å²) in [5.41, 5.74) is 5.76. The minimum Gasteiger partial charge on any atom is -0.385 e. The standard InChI is InChI=1S/C26H28N6S2/c1-18-17-21(19(2)32(18)26-29-14-16-34-26)24-23(22-11-6-7-12-28-22)30-25(33)31(24)15-8-13-27-20-9-4-3-5-10-20/h3-7,9-12,14,16-17,23-24,27H,8,13,15H2,1-2H3,(H,30,33)/t23-,24+/m1/s1. The Morgan fingerprint density at radius 1 is 1.06 bits per heavy atom. The van der Waals surface area contributed by atoms with E-state index in [0.29, 0.717) is 0 Å². The molecule has 0 amide bonds. The highest BCUT2D eigenvalue weighted by Crippen LogP contribution is 2.41. The number of nitrogens with one attached hydrogen (secondary N) is 2. The van der Waals surface area contributed by atoms with Gasteiger partial charge in [0.05, 0.1) is 17.8 Å². The second kappa shape index (κ2) is 9.95. The van der Waals surface area contributed by atoms with Gasteiger partial charge in [0.2, 0.25) is 0 Å². The predicted octanol–water partition coefficient (Wildman–Crippen LogP) is 5.42. The third kappa shape index (κ3) is 4.43. The van der Waals surface area contributed by atoms with Crippen LogP contribution < -0.4 is 10.6 Å². The van der Waals surface area contributed by atoms with Crippen LogP contribution in [0.4, 0.5) is 5.69 Å². The highest BCUT2D eigenvalue weighted by Gasteiger charge is 2.41. The summed E-state index contributed by atoms with van der Waals surface area (Å²) in [5.74, 6) is 0. The number of thiazole rings is 1. The molecule has 0 saturated carbocycles. The fourth-order valence-corrected chi connectivity index (χ4v) is 5.81. The van der Waals surface area contributed by atoms with Gasteiger partial charge in [-0.2, -0.15) is 0 Å². The van der Waals surface area contributed by atoms with E-state index in [9.17, 15) is 0 Å². The molecule has 3 aromatic heterocycles. The first-order chi connectivity index (χ1) is 16.6. The van der Waals surface area contributed by atoms with Crippen molar-refractivity contribution in [2.24, 2.45) is 0 Å². The topological polar surface area (TPSA) is 58.0 Å². The second-order valence-electron chi connectivity index (χ2n) is 8.44. The van der Waals surface area contributed by atoms with Gasteiger partial charge in [0.15, 0.2) is 10.2 Å². The molecule has 174 valence electrons. The number of aromatic nitrogens is 3. The van der Waals surface area contributed by atoms with E-state index in [2.05, 4.69) is 68.2 Å². The number of anilines is 1. The molecule has 2 N–H and O–H groups in total. The second-order valence-corrected chi connectivity index (χ2v) is 9.70. The van der Waals surface area contributed by atoms with Crippen molar-refractivity contribution < 1.29 is 0 Å². The lowest BCUT2D eigenvalue weighted by molar-refractivity contribution is 0.315. The average molecular weight is 489 g/mol. The molecule has 0 aliphatic carbocycles. The molecule has 1 saturated heterocycles. The Bertz CT molecular complexity index is 1240. The first kappa shape index (κ1) is 22.6. The molecule has 0 bridgehead atoms. The van der Waals surface area contributed by atoms with E-state index in [1.54, 1.807) is 11.3 Å². The molecular formula is C26H28N6S2. The van der Waals surface area contributed by atoms with Crippen molar-refractivity contribution in [2.75, 3.05) is 18.4 Å². The van der Waals surface area contributed by atoms with Crippen LogP contribution in [-0.4, -0.2) is 37.6 Å². The molecule has 2 atom stereocenters. The lowest BCUT2D eigenvalue weighted by Crippen LogP contribution is -2.31. The van der Waals surface area contributed by atoms with Crippen molar-refractivity contribution in [3.8, 4) is 5.13 Å². The van der Waals surface area contributed by atoms with Crippen molar-refractivity contribution in [1.29, 1.82) is 0 Å². The van der Waals surface area contributed by atoms with Crippen molar-refractivity contribution >= 4 is 34.4 Å². The Labute approximate surface area is 209 Å². The molecule has 1 fully saturated rings. The van der Waals surface area contributed by atoms with Crippen molar-refractivity contribution in [2.45, 2.75) is 32.4 Å². The number of rotatable bonds is 8. The van der Waals surface area contributed by atoms with Gasteiger partial charge in [-0.15, -0.1) is 11.3 Å². The molecule has 1 aromatic carbocycles. The quantitative estimate of drug-likeness (QED) is 0.255. The minimum absolute atomic E-state index is 0.0129. The Morgan fingerprint density at radius 3 is 2.62 bits per heavy atom. The average Bonchev–Trinajstić information content (AvgIpc) is 3.56. The van der Waals surface area contributed by atoms with Crippen molar-refractivity contribution in [3.05, 3.63) is 95.0 Å². The van der Waals surface area contributed by atoms with Gasteiger partial charge in [-0.25, -0.2) is 4.98 Å². The van der Waals surface area contributed by atoms with Crippen LogP contribution in [0.15, 0.2) is 72.4 Å². The smallest absolute Gasteiger partial charge is 0.193 e. The molecule has 6 nitrogen and oxygen atoms in total. The van der Waals surface area contributed by atoms with Crippen LogP contribution in [0.5, 0.6) is 0 Å². The third-order valence-corrected chi connectivity index (χ3v) is 7.38.